The lowest BCUT2D eigenvalue weighted by atomic mass is 10.2. The number of amides is 1. The number of carbonyl (C=O) groups excluding carboxylic acids is 1. The van der Waals surface area contributed by atoms with Crippen molar-refractivity contribution in [1.82, 2.24) is 0 Å². The van der Waals surface area contributed by atoms with E-state index in [0.717, 1.165) is 5.56 Å². The van der Waals surface area contributed by atoms with Gasteiger partial charge in [0, 0.05) is 4.91 Å². The molecule has 1 heterocycles. The van der Waals surface area contributed by atoms with Crippen molar-refractivity contribution in [2.24, 2.45) is 16.5 Å². The van der Waals surface area contributed by atoms with E-state index in [-0.39, 0.29) is 5.71 Å². The first-order valence-corrected chi connectivity index (χ1v) is 5.62. The number of nitroso groups, excluding NO2 is 1. The zero-order valence-electron chi connectivity index (χ0n) is 10.1. The molecule has 1 aromatic carbocycles. The molecule has 1 amide bonds. The molecule has 0 aromatic heterocycles. The fourth-order valence-corrected chi connectivity index (χ4v) is 1.59. The maximum Gasteiger partial charge on any atom is 0.306 e. The Kier molecular flexibility index (Phi) is 3.63. The van der Waals surface area contributed by atoms with Crippen LogP contribution < -0.4 is 11.5 Å². The highest BCUT2D eigenvalue weighted by Crippen LogP contribution is 2.11. The van der Waals surface area contributed by atoms with E-state index in [1.165, 1.54) is 6.20 Å². The van der Waals surface area contributed by atoms with Gasteiger partial charge in [0.05, 0.1) is 4.76 Å². The van der Waals surface area contributed by atoms with E-state index in [4.69, 9.17) is 11.5 Å². The van der Waals surface area contributed by atoms with Crippen LogP contribution in [0, 0.1) is 4.91 Å². The van der Waals surface area contributed by atoms with E-state index in [0.29, 0.717) is 10.5 Å². The summed E-state index contributed by atoms with van der Waals surface area (Å²) in [6, 6.07) is 9.49. The van der Waals surface area contributed by atoms with Crippen LogP contribution in [0.25, 0.3) is 6.08 Å². The van der Waals surface area contributed by atoms with Gasteiger partial charge in [-0.3, -0.25) is 10.5 Å². The molecule has 96 valence electrons. The second-order valence-corrected chi connectivity index (χ2v) is 3.96. The zero-order valence-corrected chi connectivity index (χ0v) is 10.1. The number of carbonyl (C=O) groups is 1. The van der Waals surface area contributed by atoms with Gasteiger partial charge in [-0.1, -0.05) is 36.4 Å². The van der Waals surface area contributed by atoms with Crippen molar-refractivity contribution >= 4 is 17.7 Å². The third kappa shape index (κ3) is 2.99. The van der Waals surface area contributed by atoms with E-state index in [9.17, 15) is 9.70 Å². The Balaban J connectivity index is 2.26. The smallest absolute Gasteiger partial charge is 0.306 e. The maximum absolute atomic E-state index is 11.5. The average molecular weight is 257 g/mol. The number of hydrogen-bond acceptors (Lipinski definition) is 4. The van der Waals surface area contributed by atoms with Gasteiger partial charge >= 0.3 is 6.17 Å². The average Bonchev–Trinajstić information content (AvgIpc) is 2.41. The van der Waals surface area contributed by atoms with Gasteiger partial charge in [-0.25, -0.2) is 4.99 Å². The van der Waals surface area contributed by atoms with Crippen molar-refractivity contribution in [3.8, 4) is 0 Å². The van der Waals surface area contributed by atoms with Crippen LogP contribution in [-0.2, 0) is 4.79 Å². The summed E-state index contributed by atoms with van der Waals surface area (Å²) in [5.41, 5.74) is 11.8. The predicted octanol–water partition coefficient (Wildman–Crippen LogP) is 0.545. The Labute approximate surface area is 109 Å². The number of nitrogens with two attached hydrogens (primary N) is 2. The molecular formula is C13H13N4O2+. The van der Waals surface area contributed by atoms with Crippen LogP contribution in [-0.4, -0.2) is 22.5 Å². The Morgan fingerprint density at radius 2 is 1.95 bits per heavy atom. The number of hydrogen-bond donors (Lipinski definition) is 2. The van der Waals surface area contributed by atoms with Crippen LogP contribution in [0.3, 0.4) is 0 Å². The summed E-state index contributed by atoms with van der Waals surface area (Å²) in [6.45, 7) is 0. The molecule has 6 heteroatoms. The molecule has 1 atom stereocenters. The van der Waals surface area contributed by atoms with Gasteiger partial charge < -0.3 is 5.73 Å². The lowest BCUT2D eigenvalue weighted by Gasteiger charge is -2.07. The van der Waals surface area contributed by atoms with Gasteiger partial charge in [0.15, 0.2) is 5.71 Å². The van der Waals surface area contributed by atoms with E-state index >= 15 is 0 Å². The molecule has 0 spiro atoms. The fourth-order valence-electron chi connectivity index (χ4n) is 1.59. The number of aliphatic imine (C=N–C) groups is 1. The second kappa shape index (κ2) is 5.36. The van der Waals surface area contributed by atoms with Crippen molar-refractivity contribution in [2.75, 3.05) is 0 Å². The Morgan fingerprint density at radius 1 is 1.26 bits per heavy atom. The summed E-state index contributed by atoms with van der Waals surface area (Å²) in [5, 5.41) is 0. The number of nitrogens with zero attached hydrogens (tertiary/aromatic N) is 2. The summed E-state index contributed by atoms with van der Waals surface area (Å²) in [4.78, 5) is 26.6. The molecule has 0 saturated carbocycles. The van der Waals surface area contributed by atoms with Crippen molar-refractivity contribution in [3.63, 3.8) is 0 Å². The first kappa shape index (κ1) is 12.8. The van der Waals surface area contributed by atoms with Gasteiger partial charge in [0.25, 0.3) is 5.91 Å². The highest BCUT2D eigenvalue weighted by Gasteiger charge is 2.33. The van der Waals surface area contributed by atoms with E-state index in [2.05, 4.69) is 4.99 Å². The Bertz CT molecular complexity index is 602. The molecule has 6 nitrogen and oxygen atoms in total. The number of benzene rings is 1. The molecule has 1 unspecified atom stereocenters. The third-order valence-corrected chi connectivity index (χ3v) is 2.56. The molecule has 0 saturated heterocycles. The van der Waals surface area contributed by atoms with Crippen LogP contribution >= 0.6 is 0 Å². The number of rotatable bonds is 3. The van der Waals surface area contributed by atoms with Crippen molar-refractivity contribution in [1.29, 1.82) is 0 Å². The minimum Gasteiger partial charge on any atom is -0.364 e. The summed E-state index contributed by atoms with van der Waals surface area (Å²) in [6.07, 6.45) is 3.47. The van der Waals surface area contributed by atoms with Crippen LogP contribution in [0.5, 0.6) is 0 Å². The first-order valence-electron chi connectivity index (χ1n) is 5.62. The summed E-state index contributed by atoms with van der Waals surface area (Å²) in [5.74, 6) is -0.799. The van der Waals surface area contributed by atoms with Gasteiger partial charge in [0.2, 0.25) is 6.20 Å². The number of primary amides is 1. The normalized spacial score (nSPS) is 19.2. The minimum atomic E-state index is -1.15. The molecule has 1 aromatic rings. The van der Waals surface area contributed by atoms with E-state index in [1.807, 2.05) is 30.3 Å². The molecule has 1 aliphatic rings. The lowest BCUT2D eigenvalue weighted by Crippen LogP contribution is -2.46. The second-order valence-electron chi connectivity index (χ2n) is 3.96. The summed E-state index contributed by atoms with van der Waals surface area (Å²) in [7, 11) is 0. The molecule has 19 heavy (non-hydrogen) atoms. The molecule has 0 radical (unpaired) electrons. The first-order chi connectivity index (χ1) is 9.08. The van der Waals surface area contributed by atoms with Crippen LogP contribution in [0.4, 0.5) is 0 Å². The van der Waals surface area contributed by atoms with Gasteiger partial charge in [-0.2, -0.15) is 0 Å². The lowest BCUT2D eigenvalue weighted by molar-refractivity contribution is -0.502. The highest BCUT2D eigenvalue weighted by molar-refractivity contribution is 6.40. The molecule has 0 fully saturated rings. The fraction of sp³-hybridized carbons (Fsp3) is 0.0769. The molecule has 2 rings (SSSR count). The minimum absolute atomic E-state index is 0.148. The van der Waals surface area contributed by atoms with Crippen molar-refractivity contribution < 1.29 is 9.55 Å². The standard InChI is InChI=1S/C13H12N4O2/c14-12-11(13(15)18)16-10(8-17(12)19)7-6-9-4-2-1-3-5-9/h1-8,12H,14H2,(H-,15,18)/p+1/b7-6+. The zero-order chi connectivity index (χ0) is 13.8. The van der Waals surface area contributed by atoms with Gasteiger partial charge in [-0.15, -0.1) is 0 Å². The monoisotopic (exact) mass is 257 g/mol. The van der Waals surface area contributed by atoms with Crippen LogP contribution in [0.2, 0.25) is 0 Å². The van der Waals surface area contributed by atoms with Crippen molar-refractivity contribution in [3.05, 3.63) is 58.8 Å². The van der Waals surface area contributed by atoms with Crippen molar-refractivity contribution in [2.45, 2.75) is 6.17 Å². The maximum atomic E-state index is 11.5. The highest BCUT2D eigenvalue weighted by atomic mass is 16.3. The topological polar surface area (TPSA) is 102 Å². The SMILES string of the molecule is NC(=O)C1=NC(/C=C/c2ccccc2)=C[N+](=O)C1N. The largest absolute Gasteiger partial charge is 0.364 e. The van der Waals surface area contributed by atoms with E-state index in [1.54, 1.807) is 12.2 Å². The van der Waals surface area contributed by atoms with Gasteiger partial charge in [-0.05, 0) is 11.6 Å². The quantitative estimate of drug-likeness (QED) is 0.773. The Hall–Kier alpha value is -2.60. The number of allylic oxidation sites excluding steroid dienone is 1. The predicted molar refractivity (Wildman–Crippen MR) is 71.8 cm³/mol. The Morgan fingerprint density at radius 3 is 2.58 bits per heavy atom. The van der Waals surface area contributed by atoms with Crippen LogP contribution in [0.15, 0.2) is 53.3 Å². The molecular weight excluding hydrogens is 244 g/mol. The molecule has 0 bridgehead atoms. The molecule has 0 aliphatic carbocycles. The molecule has 4 N–H and O–H groups in total. The van der Waals surface area contributed by atoms with Crippen LogP contribution in [0.1, 0.15) is 5.56 Å². The molecule has 1 aliphatic heterocycles. The summed E-state index contributed by atoms with van der Waals surface area (Å²) < 4.78 is 0.456. The van der Waals surface area contributed by atoms with Gasteiger partial charge in [0.1, 0.15) is 5.70 Å². The third-order valence-electron chi connectivity index (χ3n) is 2.56. The summed E-state index contributed by atoms with van der Waals surface area (Å²) >= 11 is 0. The van der Waals surface area contributed by atoms with E-state index < -0.39 is 12.1 Å².